The molecular weight excluding hydrogens is 284 g/mol. The highest BCUT2D eigenvalue weighted by molar-refractivity contribution is 5.79. The molecule has 4 heteroatoms. The van der Waals surface area contributed by atoms with Crippen molar-refractivity contribution in [2.24, 2.45) is 10.9 Å². The van der Waals surface area contributed by atoms with Gasteiger partial charge in [-0.3, -0.25) is 0 Å². The number of hydrogen-bond acceptors (Lipinski definition) is 2. The second-order valence-electron chi connectivity index (χ2n) is 6.31. The number of aliphatic imine (C=N–C) groups is 1. The first kappa shape index (κ1) is 19.5. The van der Waals surface area contributed by atoms with Crippen molar-refractivity contribution in [3.8, 4) is 0 Å². The van der Waals surface area contributed by atoms with Crippen LogP contribution < -0.4 is 10.6 Å². The largest absolute Gasteiger partial charge is 0.357 e. The van der Waals surface area contributed by atoms with E-state index >= 15 is 0 Å². The van der Waals surface area contributed by atoms with Gasteiger partial charge < -0.3 is 15.5 Å². The molecular formula is C19H34N4. The van der Waals surface area contributed by atoms with Crippen molar-refractivity contribution in [2.75, 3.05) is 27.2 Å². The quantitative estimate of drug-likeness (QED) is 0.542. The Balaban J connectivity index is 2.58. The Labute approximate surface area is 142 Å². The van der Waals surface area contributed by atoms with Gasteiger partial charge in [-0.2, -0.15) is 0 Å². The van der Waals surface area contributed by atoms with Gasteiger partial charge in [0.2, 0.25) is 0 Å². The van der Waals surface area contributed by atoms with Gasteiger partial charge in [-0.05, 0) is 38.1 Å². The Morgan fingerprint density at radius 3 is 2.13 bits per heavy atom. The van der Waals surface area contributed by atoms with Gasteiger partial charge in [0.25, 0.3) is 0 Å². The summed E-state index contributed by atoms with van der Waals surface area (Å²) in [6, 6.07) is 8.73. The summed E-state index contributed by atoms with van der Waals surface area (Å²) in [4.78, 5) is 6.88. The standard InChI is InChI=1S/C19H34N4/c1-6-16(7-2)13-21-19(20-8-3)22-14-17-9-11-18(12-10-17)15-23(4)5/h9-12,16H,6-8,13-15H2,1-5H3,(H2,20,21,22). The normalized spacial score (nSPS) is 12.0. The van der Waals surface area contributed by atoms with E-state index in [9.17, 15) is 0 Å². The van der Waals surface area contributed by atoms with Crippen LogP contribution in [0.4, 0.5) is 0 Å². The zero-order chi connectivity index (χ0) is 17.1. The number of hydrogen-bond donors (Lipinski definition) is 2. The highest BCUT2D eigenvalue weighted by Gasteiger charge is 2.04. The van der Waals surface area contributed by atoms with E-state index in [0.29, 0.717) is 12.5 Å². The first-order chi connectivity index (χ1) is 11.1. The lowest BCUT2D eigenvalue weighted by atomic mass is 10.0. The molecule has 0 aromatic heterocycles. The summed E-state index contributed by atoms with van der Waals surface area (Å²) in [5.74, 6) is 1.63. The predicted molar refractivity (Wildman–Crippen MR) is 101 cm³/mol. The van der Waals surface area contributed by atoms with Crippen LogP contribution in [0.1, 0.15) is 44.7 Å². The lowest BCUT2D eigenvalue weighted by molar-refractivity contribution is 0.402. The molecule has 23 heavy (non-hydrogen) atoms. The summed E-state index contributed by atoms with van der Waals surface area (Å²) >= 11 is 0. The topological polar surface area (TPSA) is 39.7 Å². The predicted octanol–water partition coefficient (Wildman–Crippen LogP) is 3.24. The van der Waals surface area contributed by atoms with Crippen LogP contribution in [0.15, 0.2) is 29.3 Å². The third-order valence-electron chi connectivity index (χ3n) is 4.00. The molecule has 0 atom stereocenters. The number of rotatable bonds is 9. The van der Waals surface area contributed by atoms with Crippen LogP contribution in [-0.4, -0.2) is 38.0 Å². The molecule has 4 nitrogen and oxygen atoms in total. The molecule has 1 aromatic rings. The molecule has 0 aliphatic carbocycles. The fourth-order valence-corrected chi connectivity index (χ4v) is 2.45. The number of nitrogens with one attached hydrogen (secondary N) is 2. The molecule has 0 amide bonds. The minimum Gasteiger partial charge on any atom is -0.357 e. The summed E-state index contributed by atoms with van der Waals surface area (Å²) in [5, 5.41) is 6.79. The van der Waals surface area contributed by atoms with Crippen molar-refractivity contribution in [3.05, 3.63) is 35.4 Å². The van der Waals surface area contributed by atoms with Gasteiger partial charge in [-0.1, -0.05) is 51.0 Å². The van der Waals surface area contributed by atoms with Crippen molar-refractivity contribution < 1.29 is 0 Å². The second-order valence-corrected chi connectivity index (χ2v) is 6.31. The smallest absolute Gasteiger partial charge is 0.191 e. The fraction of sp³-hybridized carbons (Fsp3) is 0.632. The summed E-state index contributed by atoms with van der Waals surface area (Å²) in [6.07, 6.45) is 2.41. The number of nitrogens with zero attached hydrogens (tertiary/aromatic N) is 2. The van der Waals surface area contributed by atoms with E-state index < -0.39 is 0 Å². The van der Waals surface area contributed by atoms with Crippen molar-refractivity contribution >= 4 is 5.96 Å². The monoisotopic (exact) mass is 318 g/mol. The average Bonchev–Trinajstić information content (AvgIpc) is 2.54. The van der Waals surface area contributed by atoms with Crippen molar-refractivity contribution in [3.63, 3.8) is 0 Å². The summed E-state index contributed by atoms with van der Waals surface area (Å²) in [6.45, 7) is 10.1. The van der Waals surface area contributed by atoms with E-state index in [1.54, 1.807) is 0 Å². The Hall–Kier alpha value is -1.55. The fourth-order valence-electron chi connectivity index (χ4n) is 2.45. The lowest BCUT2D eigenvalue weighted by Crippen LogP contribution is -2.39. The van der Waals surface area contributed by atoms with E-state index in [2.05, 4.69) is 74.7 Å². The van der Waals surface area contributed by atoms with Gasteiger partial charge in [-0.15, -0.1) is 0 Å². The second kappa shape index (κ2) is 11.1. The summed E-state index contributed by atoms with van der Waals surface area (Å²) in [5.41, 5.74) is 2.58. The van der Waals surface area contributed by atoms with E-state index in [4.69, 9.17) is 4.99 Å². The molecule has 0 fully saturated rings. The molecule has 0 saturated carbocycles. The Morgan fingerprint density at radius 1 is 1.00 bits per heavy atom. The van der Waals surface area contributed by atoms with Crippen LogP contribution >= 0.6 is 0 Å². The molecule has 2 N–H and O–H groups in total. The highest BCUT2D eigenvalue weighted by atomic mass is 15.2. The van der Waals surface area contributed by atoms with Crippen molar-refractivity contribution in [1.82, 2.24) is 15.5 Å². The van der Waals surface area contributed by atoms with Crippen LogP contribution in [0, 0.1) is 5.92 Å². The van der Waals surface area contributed by atoms with Crippen LogP contribution in [0.3, 0.4) is 0 Å². The molecule has 0 unspecified atom stereocenters. The first-order valence-corrected chi connectivity index (χ1v) is 8.83. The molecule has 0 aliphatic heterocycles. The van der Waals surface area contributed by atoms with Crippen LogP contribution in [-0.2, 0) is 13.1 Å². The Bertz CT molecular complexity index is 447. The molecule has 1 rings (SSSR count). The van der Waals surface area contributed by atoms with Crippen molar-refractivity contribution in [2.45, 2.75) is 46.7 Å². The lowest BCUT2D eigenvalue weighted by Gasteiger charge is -2.16. The van der Waals surface area contributed by atoms with E-state index in [1.165, 1.54) is 24.0 Å². The van der Waals surface area contributed by atoms with Crippen LogP contribution in [0.25, 0.3) is 0 Å². The third kappa shape index (κ3) is 8.03. The zero-order valence-corrected chi connectivity index (χ0v) is 15.5. The number of benzene rings is 1. The van der Waals surface area contributed by atoms with Crippen molar-refractivity contribution in [1.29, 1.82) is 0 Å². The maximum Gasteiger partial charge on any atom is 0.191 e. The molecule has 0 saturated heterocycles. The highest BCUT2D eigenvalue weighted by Crippen LogP contribution is 2.08. The molecule has 1 aromatic carbocycles. The molecule has 0 heterocycles. The van der Waals surface area contributed by atoms with Gasteiger partial charge in [0, 0.05) is 19.6 Å². The molecule has 130 valence electrons. The van der Waals surface area contributed by atoms with E-state index in [1.807, 2.05) is 0 Å². The third-order valence-corrected chi connectivity index (χ3v) is 4.00. The van der Waals surface area contributed by atoms with Crippen LogP contribution in [0.2, 0.25) is 0 Å². The van der Waals surface area contributed by atoms with Gasteiger partial charge in [0.15, 0.2) is 5.96 Å². The first-order valence-electron chi connectivity index (χ1n) is 8.83. The van der Waals surface area contributed by atoms with Crippen LogP contribution in [0.5, 0.6) is 0 Å². The molecule has 0 aliphatic rings. The molecule has 0 spiro atoms. The summed E-state index contributed by atoms with van der Waals surface area (Å²) < 4.78 is 0. The maximum atomic E-state index is 4.70. The minimum atomic E-state index is 0.709. The minimum absolute atomic E-state index is 0.709. The SMILES string of the molecule is CCNC(=NCc1ccc(CN(C)C)cc1)NCC(CC)CC. The molecule has 0 radical (unpaired) electrons. The van der Waals surface area contributed by atoms with Gasteiger partial charge in [0.1, 0.15) is 0 Å². The Kier molecular flexibility index (Phi) is 9.37. The maximum absolute atomic E-state index is 4.70. The van der Waals surface area contributed by atoms with E-state index in [-0.39, 0.29) is 0 Å². The zero-order valence-electron chi connectivity index (χ0n) is 15.5. The van der Waals surface area contributed by atoms with E-state index in [0.717, 1.165) is 25.6 Å². The molecule has 0 bridgehead atoms. The van der Waals surface area contributed by atoms with Gasteiger partial charge in [0.05, 0.1) is 6.54 Å². The van der Waals surface area contributed by atoms with Gasteiger partial charge in [-0.25, -0.2) is 4.99 Å². The van der Waals surface area contributed by atoms with Gasteiger partial charge >= 0.3 is 0 Å². The Morgan fingerprint density at radius 2 is 1.61 bits per heavy atom. The number of guanidine groups is 1. The average molecular weight is 319 g/mol. The summed E-state index contributed by atoms with van der Waals surface area (Å²) in [7, 11) is 4.18.